The van der Waals surface area contributed by atoms with Crippen LogP contribution in [0.25, 0.3) is 65.3 Å². The van der Waals surface area contributed by atoms with E-state index in [4.69, 9.17) is 54.3 Å². The number of fused-ring (bicyclic) bond motifs is 4. The van der Waals surface area contributed by atoms with Gasteiger partial charge >= 0.3 is 34.4 Å². The Bertz CT molecular complexity index is 5900. The van der Waals surface area contributed by atoms with Crippen molar-refractivity contribution in [2.75, 3.05) is 0 Å². The Labute approximate surface area is 827 Å². The smallest absolute Gasteiger partial charge is 0.408 e. The molecular formula is C120H128NiO12P4. The molecule has 0 aromatic heterocycles. The fraction of sp³-hybridized carbons (Fsp3) is 0.267. The van der Waals surface area contributed by atoms with Crippen LogP contribution in [0.15, 0.2) is 291 Å². The van der Waals surface area contributed by atoms with E-state index in [-0.39, 0.29) is 63.8 Å². The zero-order valence-corrected chi connectivity index (χ0v) is 87.9. The fourth-order valence-electron chi connectivity index (χ4n) is 17.5. The summed E-state index contributed by atoms with van der Waals surface area (Å²) in [5.41, 5.74) is 20.0. The van der Waals surface area contributed by atoms with Crippen molar-refractivity contribution in [2.45, 2.75) is 214 Å². The summed E-state index contributed by atoms with van der Waals surface area (Å²) in [5, 5.41) is 8.08. The summed E-state index contributed by atoms with van der Waals surface area (Å²) in [6.45, 7) is 51.5. The molecule has 17 heteroatoms. The monoisotopic (exact) mass is 1940 g/mol. The van der Waals surface area contributed by atoms with Crippen molar-refractivity contribution < 1.29 is 70.8 Å². The number of hydrogen-bond acceptors (Lipinski definition) is 12. The molecule has 0 aliphatic carbocycles. The molecule has 0 saturated carbocycles. The van der Waals surface area contributed by atoms with E-state index in [0.717, 1.165) is 200 Å². The molecule has 0 heterocycles. The van der Waals surface area contributed by atoms with E-state index in [1.54, 1.807) is 0 Å². The third-order valence-corrected chi connectivity index (χ3v) is 29.0. The van der Waals surface area contributed by atoms with Crippen LogP contribution in [0.4, 0.5) is 0 Å². The molecule has 0 amide bonds. The summed E-state index contributed by atoms with van der Waals surface area (Å²) in [6, 6.07) is 100. The molecule has 0 aliphatic rings. The van der Waals surface area contributed by atoms with Gasteiger partial charge in [0.05, 0.1) is 0 Å². The van der Waals surface area contributed by atoms with Crippen LogP contribution in [-0.4, -0.2) is 0 Å². The van der Waals surface area contributed by atoms with Crippen molar-refractivity contribution in [2.24, 2.45) is 0 Å². The van der Waals surface area contributed by atoms with E-state index in [1.165, 1.54) is 0 Å². The van der Waals surface area contributed by atoms with E-state index in [2.05, 4.69) is 433 Å². The molecule has 0 N–H and O–H groups in total. The summed E-state index contributed by atoms with van der Waals surface area (Å²) in [6.07, 6.45) is 0. The molecule has 0 bridgehead atoms. The summed E-state index contributed by atoms with van der Waals surface area (Å²) >= 11 is 0. The Morgan fingerprint density at radius 2 is 0.292 bits per heavy atom. The molecule has 137 heavy (non-hydrogen) atoms. The molecule has 0 aliphatic heterocycles. The SMILES string of the molecule is Cc1cccc(C(C)C)c1OP(Oc1ccc2ccccc2c1-c1c(OP(Oc2c(C)cccc2C(C)C)Oc2c(C)cccc2C(C)C)ccc2ccccc12)Oc1c(C)cccc1C(C)C.Cc1cccc(C(C)C)c1OP(Oc1ccc2ccccc2c1-c1c(OP(Oc2c(C)cccc2C(C)C)Oc2c(C)cccc2C(C)C)ccc2ccccc12)Oc1c(C)cccc1C(C)C.[Ni]. The molecule has 0 fully saturated rings. The van der Waals surface area contributed by atoms with Crippen LogP contribution in [0, 0.1) is 55.4 Å². The number of hydrogen-bond donors (Lipinski definition) is 0. The van der Waals surface area contributed by atoms with Gasteiger partial charge in [-0.2, -0.15) is 0 Å². The zero-order valence-electron chi connectivity index (χ0n) is 83.3. The number of para-hydroxylation sites is 8. The molecule has 0 radical (unpaired) electrons. The second-order valence-corrected chi connectivity index (χ2v) is 41.8. The minimum Gasteiger partial charge on any atom is -0.408 e. The minimum atomic E-state index is -2.12. The Hall–Kier alpha value is -11.6. The minimum absolute atomic E-state index is 0. The molecule has 12 nitrogen and oxygen atoms in total. The van der Waals surface area contributed by atoms with Gasteiger partial charge in [0.2, 0.25) is 0 Å². The van der Waals surface area contributed by atoms with Gasteiger partial charge in [-0.3, -0.25) is 0 Å². The van der Waals surface area contributed by atoms with Gasteiger partial charge in [-0.05, 0) is 259 Å². The van der Waals surface area contributed by atoms with E-state index < -0.39 is 34.4 Å². The second-order valence-electron chi connectivity index (χ2n) is 37.8. The van der Waals surface area contributed by atoms with Crippen molar-refractivity contribution in [1.29, 1.82) is 0 Å². The van der Waals surface area contributed by atoms with Gasteiger partial charge in [0.25, 0.3) is 0 Å². The van der Waals surface area contributed by atoms with Gasteiger partial charge < -0.3 is 54.3 Å². The molecule has 0 saturated heterocycles. The first-order valence-corrected chi connectivity index (χ1v) is 52.0. The zero-order chi connectivity index (χ0) is 96.4. The maximum atomic E-state index is 7.32. The van der Waals surface area contributed by atoms with Gasteiger partial charge in [-0.1, -0.05) is 378 Å². The maximum absolute atomic E-state index is 7.32. The van der Waals surface area contributed by atoms with Crippen molar-refractivity contribution in [1.82, 2.24) is 0 Å². The van der Waals surface area contributed by atoms with Crippen molar-refractivity contribution >= 4 is 77.5 Å². The summed E-state index contributed by atoms with van der Waals surface area (Å²) in [5.74, 6) is 10.0. The van der Waals surface area contributed by atoms with Crippen LogP contribution in [0.1, 0.15) is 247 Å². The predicted molar refractivity (Wildman–Crippen MR) is 571 cm³/mol. The summed E-state index contributed by atoms with van der Waals surface area (Å²) in [7, 11) is -8.46. The van der Waals surface area contributed by atoms with Crippen molar-refractivity contribution in [3.05, 3.63) is 380 Å². The normalized spacial score (nSPS) is 11.6. The summed E-state index contributed by atoms with van der Waals surface area (Å²) in [4.78, 5) is 0. The van der Waals surface area contributed by atoms with E-state index in [0.29, 0.717) is 23.0 Å². The first-order valence-electron chi connectivity index (χ1n) is 47.6. The van der Waals surface area contributed by atoms with Gasteiger partial charge in [0.15, 0.2) is 0 Å². The van der Waals surface area contributed by atoms with Crippen molar-refractivity contribution in [3.8, 4) is 91.2 Å². The number of aryl methyl sites for hydroxylation is 8. The van der Waals surface area contributed by atoms with Crippen LogP contribution in [0.2, 0.25) is 0 Å². The average Bonchev–Trinajstić information content (AvgIpc) is 0.749. The maximum Gasteiger partial charge on any atom is 0.530 e. The Balaban J connectivity index is 0.000000217. The fourth-order valence-corrected chi connectivity index (χ4v) is 22.4. The van der Waals surface area contributed by atoms with Gasteiger partial charge in [0.1, 0.15) is 69.0 Å². The van der Waals surface area contributed by atoms with Crippen LogP contribution in [0.5, 0.6) is 69.0 Å². The molecule has 0 atom stereocenters. The molecule has 16 aromatic rings. The molecule has 16 aromatic carbocycles. The van der Waals surface area contributed by atoms with Gasteiger partial charge in [-0.25, -0.2) is 0 Å². The van der Waals surface area contributed by atoms with Crippen molar-refractivity contribution in [3.63, 3.8) is 0 Å². The van der Waals surface area contributed by atoms with Crippen LogP contribution >= 0.6 is 34.4 Å². The topological polar surface area (TPSA) is 111 Å². The molecule has 710 valence electrons. The third-order valence-electron chi connectivity index (χ3n) is 25.0. The van der Waals surface area contributed by atoms with E-state index in [9.17, 15) is 0 Å². The van der Waals surface area contributed by atoms with Crippen LogP contribution < -0.4 is 54.3 Å². The molecule has 0 spiro atoms. The second kappa shape index (κ2) is 45.3. The number of benzene rings is 16. The Morgan fingerprint density at radius 1 is 0.153 bits per heavy atom. The first-order chi connectivity index (χ1) is 65.4. The Morgan fingerprint density at radius 3 is 0.431 bits per heavy atom. The molecule has 16 rings (SSSR count). The standard InChI is InChI=1S/2C60H64O6P2.Ni/c2*1-37(2)47-29-17-21-41(9)57(47)63-67(64-58-42(10)22-18-30-48(58)38(3)4)61-53-35-33-45-25-13-15-27-51(45)55(53)56-52-28-16-14-26-46(52)34-36-54(56)62-68(65-59-43(11)23-19-31-49(59)39(5)6)66-60-44(12)24-20-32-50(60)40(7)8;/h2*13-40H,1-12H3;. The average molecular weight is 1940 g/mol. The molecule has 0 unspecified atom stereocenters. The third kappa shape index (κ3) is 23.0. The quantitative estimate of drug-likeness (QED) is 0.0283. The van der Waals surface area contributed by atoms with E-state index in [1.807, 2.05) is 24.3 Å². The predicted octanol–water partition coefficient (Wildman–Crippen LogP) is 37.8. The van der Waals surface area contributed by atoms with E-state index >= 15 is 0 Å². The van der Waals surface area contributed by atoms with Gasteiger partial charge in [-0.15, -0.1) is 0 Å². The molecular weight excluding hydrogens is 1820 g/mol. The Kier molecular flexibility index (Phi) is 33.5. The number of rotatable bonds is 34. The largest absolute Gasteiger partial charge is 0.530 e. The van der Waals surface area contributed by atoms with Crippen LogP contribution in [-0.2, 0) is 16.5 Å². The summed E-state index contributed by atoms with van der Waals surface area (Å²) < 4.78 is 86.0. The van der Waals surface area contributed by atoms with Gasteiger partial charge in [0, 0.05) is 38.7 Å². The first kappa shape index (κ1) is 101. The van der Waals surface area contributed by atoms with Crippen LogP contribution in [0.3, 0.4) is 0 Å².